The van der Waals surface area contributed by atoms with Crippen molar-refractivity contribution in [1.29, 1.82) is 0 Å². The van der Waals surface area contributed by atoms with E-state index >= 15 is 0 Å². The van der Waals surface area contributed by atoms with Crippen LogP contribution in [0.5, 0.6) is 0 Å². The third kappa shape index (κ3) is 3.36. The third-order valence-corrected chi connectivity index (χ3v) is 4.22. The summed E-state index contributed by atoms with van der Waals surface area (Å²) in [6.45, 7) is 13.6. The first-order chi connectivity index (χ1) is 9.73. The Labute approximate surface area is 127 Å². The van der Waals surface area contributed by atoms with Crippen LogP contribution in [0.4, 0.5) is 5.95 Å². The molecule has 0 unspecified atom stereocenters. The lowest BCUT2D eigenvalue weighted by Gasteiger charge is -2.11. The van der Waals surface area contributed by atoms with Crippen LogP contribution >= 0.6 is 0 Å². The number of nitrogens with zero attached hydrogens (tertiary/aromatic N) is 2. The van der Waals surface area contributed by atoms with E-state index in [9.17, 15) is 4.79 Å². The van der Waals surface area contributed by atoms with Crippen LogP contribution in [0.25, 0.3) is 0 Å². The Balaban J connectivity index is 2.06. The summed E-state index contributed by atoms with van der Waals surface area (Å²) in [6, 6.07) is 0. The molecular formula is C17H27N3O. The Bertz CT molecular complexity index is 550. The number of nitrogens with one attached hydrogen (secondary N) is 1. The van der Waals surface area contributed by atoms with Gasteiger partial charge in [-0.25, -0.2) is 4.98 Å². The molecule has 0 aliphatic heterocycles. The van der Waals surface area contributed by atoms with Crippen molar-refractivity contribution < 1.29 is 4.79 Å². The number of allylic oxidation sites excluding steroid dienone is 2. The fraction of sp³-hybridized carbons (Fsp3) is 0.647. The van der Waals surface area contributed by atoms with Crippen LogP contribution in [-0.2, 0) is 11.3 Å². The summed E-state index contributed by atoms with van der Waals surface area (Å²) < 4.78 is 2.01. The first kappa shape index (κ1) is 15.8. The van der Waals surface area contributed by atoms with Crippen molar-refractivity contribution in [3.8, 4) is 0 Å². The molecule has 1 heterocycles. The molecule has 0 bridgehead atoms. The zero-order chi connectivity index (χ0) is 15.8. The molecule has 1 fully saturated rings. The van der Waals surface area contributed by atoms with E-state index in [1.807, 2.05) is 10.8 Å². The molecule has 0 radical (unpaired) electrons. The van der Waals surface area contributed by atoms with Gasteiger partial charge in [-0.15, -0.1) is 0 Å². The molecule has 0 spiro atoms. The molecule has 2 atom stereocenters. The lowest BCUT2D eigenvalue weighted by atomic mass is 10.1. The second-order valence-corrected chi connectivity index (χ2v) is 7.36. The van der Waals surface area contributed by atoms with Crippen molar-refractivity contribution >= 4 is 11.9 Å². The first-order valence-electron chi connectivity index (χ1n) is 7.70. The lowest BCUT2D eigenvalue weighted by Crippen LogP contribution is -2.20. The molecule has 1 aliphatic rings. The predicted molar refractivity (Wildman–Crippen MR) is 85.9 cm³/mol. The van der Waals surface area contributed by atoms with Crippen molar-refractivity contribution in [3.63, 3.8) is 0 Å². The van der Waals surface area contributed by atoms with Crippen LogP contribution in [0.2, 0.25) is 0 Å². The molecule has 2 rings (SSSR count). The number of rotatable bonds is 5. The fourth-order valence-electron chi connectivity index (χ4n) is 3.01. The van der Waals surface area contributed by atoms with E-state index < -0.39 is 0 Å². The van der Waals surface area contributed by atoms with Crippen molar-refractivity contribution in [2.24, 2.45) is 23.2 Å². The second kappa shape index (κ2) is 5.66. The summed E-state index contributed by atoms with van der Waals surface area (Å²) in [5.41, 5.74) is 1.31. The average molecular weight is 289 g/mol. The number of anilines is 1. The minimum Gasteiger partial charge on any atom is -0.317 e. The largest absolute Gasteiger partial charge is 0.317 e. The Morgan fingerprint density at radius 3 is 2.71 bits per heavy atom. The molecule has 4 heteroatoms. The van der Waals surface area contributed by atoms with Crippen LogP contribution in [0.3, 0.4) is 0 Å². The minimum atomic E-state index is 0.0385. The summed E-state index contributed by atoms with van der Waals surface area (Å²) >= 11 is 0. The second-order valence-electron chi connectivity index (χ2n) is 7.36. The molecule has 1 aliphatic carbocycles. The third-order valence-electron chi connectivity index (χ3n) is 4.22. The summed E-state index contributed by atoms with van der Waals surface area (Å²) in [6.07, 6.45) is 5.87. The maximum atomic E-state index is 12.5. The minimum absolute atomic E-state index is 0.0385. The number of carbonyl (C=O) groups excluding carboxylic acids is 1. The van der Waals surface area contributed by atoms with Gasteiger partial charge in [0.05, 0.1) is 5.92 Å². The van der Waals surface area contributed by atoms with E-state index in [2.05, 4.69) is 57.9 Å². The zero-order valence-corrected chi connectivity index (χ0v) is 14.0. The van der Waals surface area contributed by atoms with E-state index in [-0.39, 0.29) is 17.2 Å². The maximum Gasteiger partial charge on any atom is 0.230 e. The average Bonchev–Trinajstić information content (AvgIpc) is 2.67. The number of imidazole rings is 1. The van der Waals surface area contributed by atoms with Gasteiger partial charge < -0.3 is 4.57 Å². The van der Waals surface area contributed by atoms with E-state index in [4.69, 9.17) is 0 Å². The summed E-state index contributed by atoms with van der Waals surface area (Å²) in [5.74, 6) is 1.63. The predicted octanol–water partition coefficient (Wildman–Crippen LogP) is 3.72. The van der Waals surface area contributed by atoms with Gasteiger partial charge in [-0.05, 0) is 31.1 Å². The number of amides is 1. The van der Waals surface area contributed by atoms with Crippen molar-refractivity contribution in [3.05, 3.63) is 24.0 Å². The SMILES string of the molecule is CC(C)=C[C@@H]1[C@H](C(=O)Nc2nccn2CC(C)C)C1(C)C. The fourth-order valence-corrected chi connectivity index (χ4v) is 3.01. The Morgan fingerprint density at radius 1 is 1.48 bits per heavy atom. The molecule has 4 nitrogen and oxygen atoms in total. The Kier molecular flexibility index (Phi) is 4.26. The van der Waals surface area contributed by atoms with Gasteiger partial charge in [-0.1, -0.05) is 39.3 Å². The Hall–Kier alpha value is -1.58. The van der Waals surface area contributed by atoms with Crippen molar-refractivity contribution in [1.82, 2.24) is 9.55 Å². The zero-order valence-electron chi connectivity index (χ0n) is 14.0. The van der Waals surface area contributed by atoms with E-state index in [0.29, 0.717) is 17.8 Å². The van der Waals surface area contributed by atoms with Gasteiger partial charge in [0.2, 0.25) is 11.9 Å². The standard InChI is InChI=1S/C17H27N3O/c1-11(2)9-13-14(17(13,5)6)15(21)19-16-18-7-8-20(16)10-12(3)4/h7-9,12-14H,10H2,1-6H3,(H,18,19,21)/t13-,14-/m1/s1. The quantitative estimate of drug-likeness (QED) is 0.840. The number of hydrogen-bond acceptors (Lipinski definition) is 2. The summed E-state index contributed by atoms with van der Waals surface area (Å²) in [7, 11) is 0. The smallest absolute Gasteiger partial charge is 0.230 e. The van der Waals surface area contributed by atoms with Gasteiger partial charge in [0.15, 0.2) is 0 Å². The van der Waals surface area contributed by atoms with Gasteiger partial charge in [0, 0.05) is 18.9 Å². The molecule has 1 N–H and O–H groups in total. The molecular weight excluding hydrogens is 262 g/mol. The topological polar surface area (TPSA) is 46.9 Å². The molecule has 1 saturated carbocycles. The number of aromatic nitrogens is 2. The highest BCUT2D eigenvalue weighted by Gasteiger charge is 2.60. The number of hydrogen-bond donors (Lipinski definition) is 1. The molecule has 0 aromatic carbocycles. The molecule has 1 aromatic rings. The summed E-state index contributed by atoms with van der Waals surface area (Å²) in [5, 5.41) is 3.00. The van der Waals surface area contributed by atoms with Crippen molar-refractivity contribution in [2.75, 3.05) is 5.32 Å². The molecule has 116 valence electrons. The molecule has 21 heavy (non-hydrogen) atoms. The van der Waals surface area contributed by atoms with Gasteiger partial charge >= 0.3 is 0 Å². The van der Waals surface area contributed by atoms with Gasteiger partial charge in [0.1, 0.15) is 0 Å². The van der Waals surface area contributed by atoms with Crippen LogP contribution in [0.1, 0.15) is 41.5 Å². The van der Waals surface area contributed by atoms with Gasteiger partial charge in [-0.3, -0.25) is 10.1 Å². The number of carbonyl (C=O) groups is 1. The van der Waals surface area contributed by atoms with E-state index in [1.54, 1.807) is 6.20 Å². The van der Waals surface area contributed by atoms with Crippen LogP contribution in [0.15, 0.2) is 24.0 Å². The highest BCUT2D eigenvalue weighted by molar-refractivity contribution is 5.94. The van der Waals surface area contributed by atoms with Crippen molar-refractivity contribution in [2.45, 2.75) is 48.1 Å². The molecule has 1 aromatic heterocycles. The molecule has 0 saturated heterocycles. The molecule has 1 amide bonds. The normalized spacial score (nSPS) is 23.0. The monoisotopic (exact) mass is 289 g/mol. The van der Waals surface area contributed by atoms with Crippen LogP contribution in [-0.4, -0.2) is 15.5 Å². The highest BCUT2D eigenvalue weighted by Crippen LogP contribution is 2.59. The van der Waals surface area contributed by atoms with Crippen LogP contribution in [0, 0.1) is 23.2 Å². The maximum absolute atomic E-state index is 12.5. The lowest BCUT2D eigenvalue weighted by molar-refractivity contribution is -0.118. The first-order valence-corrected chi connectivity index (χ1v) is 7.70. The van der Waals surface area contributed by atoms with E-state index in [0.717, 1.165) is 6.54 Å². The van der Waals surface area contributed by atoms with Gasteiger partial charge in [0.25, 0.3) is 0 Å². The van der Waals surface area contributed by atoms with E-state index in [1.165, 1.54) is 5.57 Å². The van der Waals surface area contributed by atoms with Crippen LogP contribution < -0.4 is 5.32 Å². The van der Waals surface area contributed by atoms with Gasteiger partial charge in [-0.2, -0.15) is 0 Å². The summed E-state index contributed by atoms with van der Waals surface area (Å²) in [4.78, 5) is 16.8. The Morgan fingerprint density at radius 2 is 2.14 bits per heavy atom. The highest BCUT2D eigenvalue weighted by atomic mass is 16.2.